The molecule has 1 unspecified atom stereocenters. The van der Waals surface area contributed by atoms with E-state index < -0.39 is 23.8 Å². The molecule has 0 radical (unpaired) electrons. The first kappa shape index (κ1) is 20.6. The van der Waals surface area contributed by atoms with Gasteiger partial charge in [0.1, 0.15) is 6.04 Å². The Hall–Kier alpha value is -2.62. The Bertz CT molecular complexity index is 878. The van der Waals surface area contributed by atoms with Crippen molar-refractivity contribution in [3.63, 3.8) is 0 Å². The molecule has 3 aliphatic rings. The van der Waals surface area contributed by atoms with Gasteiger partial charge in [-0.05, 0) is 30.5 Å². The number of carbonyl (C=O) groups is 4. The van der Waals surface area contributed by atoms with Crippen molar-refractivity contribution in [1.29, 1.82) is 0 Å². The fourth-order valence-corrected chi connectivity index (χ4v) is 4.34. The van der Waals surface area contributed by atoms with E-state index in [2.05, 4.69) is 15.1 Å². The summed E-state index contributed by atoms with van der Waals surface area (Å²) >= 11 is 0. The Morgan fingerprint density at radius 3 is 2.37 bits per heavy atom. The van der Waals surface area contributed by atoms with Gasteiger partial charge in [-0.1, -0.05) is 6.07 Å². The lowest BCUT2D eigenvalue weighted by atomic mass is 10.0. The Labute approximate surface area is 174 Å². The van der Waals surface area contributed by atoms with Crippen LogP contribution < -0.4 is 5.32 Å². The van der Waals surface area contributed by atoms with E-state index in [4.69, 9.17) is 5.11 Å². The molecule has 0 aromatic heterocycles. The normalized spacial score (nSPS) is 23.1. The van der Waals surface area contributed by atoms with Crippen LogP contribution in [0.1, 0.15) is 45.5 Å². The molecule has 0 spiro atoms. The monoisotopic (exact) mass is 414 g/mol. The highest BCUT2D eigenvalue weighted by molar-refractivity contribution is 6.23. The minimum Gasteiger partial charge on any atom is -0.396 e. The third-order valence-electron chi connectivity index (χ3n) is 6.01. The summed E-state index contributed by atoms with van der Waals surface area (Å²) in [4.78, 5) is 54.8. The second kappa shape index (κ2) is 8.63. The van der Waals surface area contributed by atoms with Crippen LogP contribution in [0.4, 0.5) is 0 Å². The first-order valence-electron chi connectivity index (χ1n) is 10.4. The molecule has 9 heteroatoms. The maximum Gasteiger partial charge on any atom is 0.262 e. The lowest BCUT2D eigenvalue weighted by Crippen LogP contribution is -2.54. The Morgan fingerprint density at radius 2 is 1.67 bits per heavy atom. The first-order chi connectivity index (χ1) is 14.5. The molecule has 160 valence electrons. The van der Waals surface area contributed by atoms with E-state index >= 15 is 0 Å². The summed E-state index contributed by atoms with van der Waals surface area (Å²) in [5.41, 5.74) is 1.58. The average Bonchev–Trinajstić information content (AvgIpc) is 2.98. The summed E-state index contributed by atoms with van der Waals surface area (Å²) in [6, 6.07) is 4.33. The number of hydrogen-bond donors (Lipinski definition) is 2. The van der Waals surface area contributed by atoms with E-state index in [1.807, 2.05) is 6.07 Å². The Kier molecular flexibility index (Phi) is 5.94. The summed E-state index contributed by atoms with van der Waals surface area (Å²) in [5.74, 6) is -1.93. The summed E-state index contributed by atoms with van der Waals surface area (Å²) in [6.45, 7) is 5.46. The van der Waals surface area contributed by atoms with Gasteiger partial charge in [-0.3, -0.25) is 34.3 Å². The quantitative estimate of drug-likeness (QED) is 0.609. The van der Waals surface area contributed by atoms with Crippen LogP contribution in [-0.2, 0) is 16.1 Å². The number of piperidine rings is 1. The number of aliphatic hydroxyl groups excluding tert-OH is 1. The Morgan fingerprint density at radius 1 is 0.967 bits per heavy atom. The SMILES string of the molecule is O=C1CCC(N2C(=O)c3ccc(CN4CCN(CCCO)CC4)cc3C2=O)C(=O)N1. The van der Waals surface area contributed by atoms with E-state index in [0.29, 0.717) is 17.7 Å². The smallest absolute Gasteiger partial charge is 0.262 e. The van der Waals surface area contributed by atoms with E-state index in [-0.39, 0.29) is 25.4 Å². The zero-order valence-corrected chi connectivity index (χ0v) is 16.8. The highest BCUT2D eigenvalue weighted by Crippen LogP contribution is 2.28. The second-order valence-electron chi connectivity index (χ2n) is 8.02. The molecule has 4 rings (SSSR count). The van der Waals surface area contributed by atoms with Crippen LogP contribution >= 0.6 is 0 Å². The number of amides is 4. The van der Waals surface area contributed by atoms with E-state index in [1.54, 1.807) is 12.1 Å². The van der Waals surface area contributed by atoms with E-state index in [9.17, 15) is 19.2 Å². The number of rotatable bonds is 6. The predicted octanol–water partition coefficient (Wildman–Crippen LogP) is -0.412. The third kappa shape index (κ3) is 4.00. The van der Waals surface area contributed by atoms with Crippen LogP contribution in [-0.4, -0.2) is 88.8 Å². The number of carbonyl (C=O) groups excluding carboxylic acids is 4. The van der Waals surface area contributed by atoms with Crippen molar-refractivity contribution in [2.45, 2.75) is 31.8 Å². The van der Waals surface area contributed by atoms with Gasteiger partial charge in [-0.2, -0.15) is 0 Å². The van der Waals surface area contributed by atoms with Crippen LogP contribution in [0.15, 0.2) is 18.2 Å². The zero-order valence-electron chi connectivity index (χ0n) is 16.8. The molecule has 2 saturated heterocycles. The van der Waals surface area contributed by atoms with Crippen molar-refractivity contribution in [3.8, 4) is 0 Å². The topological polar surface area (TPSA) is 110 Å². The molecule has 3 heterocycles. The van der Waals surface area contributed by atoms with Gasteiger partial charge in [-0.15, -0.1) is 0 Å². The summed E-state index contributed by atoms with van der Waals surface area (Å²) in [7, 11) is 0. The van der Waals surface area contributed by atoms with Crippen LogP contribution in [0.5, 0.6) is 0 Å². The molecule has 1 aromatic carbocycles. The van der Waals surface area contributed by atoms with Crippen molar-refractivity contribution in [3.05, 3.63) is 34.9 Å². The van der Waals surface area contributed by atoms with Crippen LogP contribution in [0.2, 0.25) is 0 Å². The number of benzene rings is 1. The van der Waals surface area contributed by atoms with Gasteiger partial charge in [0.15, 0.2) is 0 Å². The summed E-state index contributed by atoms with van der Waals surface area (Å²) < 4.78 is 0. The fraction of sp³-hybridized carbons (Fsp3) is 0.524. The van der Waals surface area contributed by atoms with Gasteiger partial charge >= 0.3 is 0 Å². The molecule has 30 heavy (non-hydrogen) atoms. The van der Waals surface area contributed by atoms with Crippen molar-refractivity contribution in [2.24, 2.45) is 0 Å². The van der Waals surface area contributed by atoms with Gasteiger partial charge in [-0.25, -0.2) is 0 Å². The lowest BCUT2D eigenvalue weighted by molar-refractivity contribution is -0.136. The summed E-state index contributed by atoms with van der Waals surface area (Å²) in [5, 5.41) is 11.2. The minimum absolute atomic E-state index is 0.110. The maximum absolute atomic E-state index is 12.9. The van der Waals surface area contributed by atoms with Crippen molar-refractivity contribution in [2.75, 3.05) is 39.3 Å². The molecule has 2 fully saturated rings. The fourth-order valence-electron chi connectivity index (χ4n) is 4.34. The molecule has 4 amide bonds. The number of fused-ring (bicyclic) bond motifs is 1. The molecule has 0 saturated carbocycles. The average molecular weight is 414 g/mol. The first-order valence-corrected chi connectivity index (χ1v) is 10.4. The molecule has 0 aliphatic carbocycles. The summed E-state index contributed by atoms with van der Waals surface area (Å²) in [6.07, 6.45) is 1.05. The molecular formula is C21H26N4O5. The van der Waals surface area contributed by atoms with Gasteiger partial charge < -0.3 is 10.0 Å². The predicted molar refractivity (Wildman–Crippen MR) is 107 cm³/mol. The van der Waals surface area contributed by atoms with Gasteiger partial charge in [0.05, 0.1) is 11.1 Å². The number of aliphatic hydroxyl groups is 1. The lowest BCUT2D eigenvalue weighted by Gasteiger charge is -2.34. The van der Waals surface area contributed by atoms with Gasteiger partial charge in [0.25, 0.3) is 11.8 Å². The van der Waals surface area contributed by atoms with Crippen LogP contribution in [0, 0.1) is 0 Å². The molecule has 0 bridgehead atoms. The van der Waals surface area contributed by atoms with Crippen LogP contribution in [0.3, 0.4) is 0 Å². The molecular weight excluding hydrogens is 388 g/mol. The molecule has 1 atom stereocenters. The maximum atomic E-state index is 12.9. The van der Waals surface area contributed by atoms with Gasteiger partial charge in [0.2, 0.25) is 11.8 Å². The Balaban J connectivity index is 1.42. The molecule has 3 aliphatic heterocycles. The minimum atomic E-state index is -0.939. The highest BCUT2D eigenvalue weighted by Gasteiger charge is 2.44. The third-order valence-corrected chi connectivity index (χ3v) is 6.01. The number of hydrogen-bond acceptors (Lipinski definition) is 7. The van der Waals surface area contributed by atoms with E-state index in [1.165, 1.54) is 0 Å². The van der Waals surface area contributed by atoms with Crippen molar-refractivity contribution >= 4 is 23.6 Å². The second-order valence-corrected chi connectivity index (χ2v) is 8.02. The standard InChI is InChI=1S/C21H26N4O5/c26-11-1-6-23-7-9-24(10-8-23)13-14-2-3-15-16(12-14)21(30)25(20(15)29)17-4-5-18(27)22-19(17)28/h2-3,12,17,26H,1,4-11,13H2,(H,22,27,28). The van der Waals surface area contributed by atoms with Crippen molar-refractivity contribution in [1.82, 2.24) is 20.0 Å². The zero-order chi connectivity index (χ0) is 21.3. The largest absolute Gasteiger partial charge is 0.396 e. The van der Waals surface area contributed by atoms with E-state index in [0.717, 1.165) is 49.6 Å². The number of nitrogens with one attached hydrogen (secondary N) is 1. The molecule has 9 nitrogen and oxygen atoms in total. The highest BCUT2D eigenvalue weighted by atomic mass is 16.3. The number of piperazine rings is 1. The number of imide groups is 2. The molecule has 2 N–H and O–H groups in total. The number of nitrogens with zero attached hydrogens (tertiary/aromatic N) is 3. The van der Waals surface area contributed by atoms with Gasteiger partial charge in [0, 0.05) is 52.3 Å². The van der Waals surface area contributed by atoms with Crippen molar-refractivity contribution < 1.29 is 24.3 Å². The van der Waals surface area contributed by atoms with Crippen LogP contribution in [0.25, 0.3) is 0 Å². The molecule has 1 aromatic rings.